The van der Waals surface area contributed by atoms with E-state index in [0.717, 1.165) is 24.3 Å². The molecule has 0 saturated carbocycles. The molecular formula is C7H5NO6S. The highest BCUT2D eigenvalue weighted by Crippen LogP contribution is 2.17. The molecule has 0 atom stereocenters. The Hall–Kier alpha value is -1.96. The van der Waals surface area contributed by atoms with Gasteiger partial charge in [0.25, 0.3) is 15.5 Å². The summed E-state index contributed by atoms with van der Waals surface area (Å²) in [5, 5.41) is 16.6. The van der Waals surface area contributed by atoms with Gasteiger partial charge >= 0.3 is 5.30 Å². The first kappa shape index (κ1) is 11.1. The molecule has 0 aliphatic rings. The molecule has 1 aromatic rings. The van der Waals surface area contributed by atoms with Crippen molar-refractivity contribution in [2.75, 3.05) is 0 Å². The molecule has 0 radical (unpaired) electrons. The van der Waals surface area contributed by atoms with E-state index in [1.165, 1.54) is 0 Å². The van der Waals surface area contributed by atoms with Gasteiger partial charge in [-0.3, -0.25) is 10.1 Å². The van der Waals surface area contributed by atoms with Gasteiger partial charge < -0.3 is 5.11 Å². The maximum atomic E-state index is 11.0. The van der Waals surface area contributed by atoms with Crippen molar-refractivity contribution in [3.63, 3.8) is 0 Å². The molecule has 0 saturated heterocycles. The first-order valence-corrected chi connectivity index (χ1v) is 5.06. The summed E-state index contributed by atoms with van der Waals surface area (Å²) in [7, 11) is -4.43. The number of carboxylic acid groups (broad SMARTS) is 1. The van der Waals surface area contributed by atoms with E-state index in [1.807, 2.05) is 0 Å². The maximum Gasteiger partial charge on any atom is 0.427 e. The summed E-state index contributed by atoms with van der Waals surface area (Å²) in [5.74, 6) is 0. The molecule has 7 nitrogen and oxygen atoms in total. The van der Waals surface area contributed by atoms with E-state index >= 15 is 0 Å². The van der Waals surface area contributed by atoms with Crippen molar-refractivity contribution in [1.29, 1.82) is 0 Å². The van der Waals surface area contributed by atoms with Crippen molar-refractivity contribution in [3.05, 3.63) is 34.4 Å². The molecule has 0 aliphatic heterocycles. The molecule has 1 aromatic carbocycles. The van der Waals surface area contributed by atoms with Crippen molar-refractivity contribution >= 4 is 20.8 Å². The molecule has 1 rings (SSSR count). The van der Waals surface area contributed by atoms with Gasteiger partial charge in [0, 0.05) is 12.1 Å². The summed E-state index contributed by atoms with van der Waals surface area (Å²) in [6.45, 7) is 0. The summed E-state index contributed by atoms with van der Waals surface area (Å²) in [4.78, 5) is 19.4. The molecule has 0 spiro atoms. The Morgan fingerprint density at radius 2 is 1.73 bits per heavy atom. The molecule has 0 fully saturated rings. The van der Waals surface area contributed by atoms with Crippen molar-refractivity contribution < 1.29 is 23.2 Å². The van der Waals surface area contributed by atoms with E-state index < -0.39 is 25.0 Å². The largest absolute Gasteiger partial charge is 0.469 e. The lowest BCUT2D eigenvalue weighted by atomic mass is 10.3. The van der Waals surface area contributed by atoms with Gasteiger partial charge in [-0.05, 0) is 12.1 Å². The van der Waals surface area contributed by atoms with Crippen LogP contribution in [0.25, 0.3) is 0 Å². The fraction of sp³-hybridized carbons (Fsp3) is 0. The van der Waals surface area contributed by atoms with Crippen molar-refractivity contribution in [2.45, 2.75) is 4.90 Å². The lowest BCUT2D eigenvalue weighted by Gasteiger charge is -1.97. The van der Waals surface area contributed by atoms with Crippen molar-refractivity contribution in [3.8, 4) is 0 Å². The topological polar surface area (TPSA) is 115 Å². The zero-order chi connectivity index (χ0) is 11.6. The fourth-order valence-electron chi connectivity index (χ4n) is 0.848. The van der Waals surface area contributed by atoms with Gasteiger partial charge in [-0.1, -0.05) is 0 Å². The van der Waals surface area contributed by atoms with E-state index in [9.17, 15) is 23.3 Å². The number of nitro benzene ring substituents is 1. The first-order valence-electron chi connectivity index (χ1n) is 3.58. The van der Waals surface area contributed by atoms with Crippen LogP contribution in [0.3, 0.4) is 0 Å². The molecule has 0 bridgehead atoms. The van der Waals surface area contributed by atoms with Crippen LogP contribution in [-0.2, 0) is 9.84 Å². The van der Waals surface area contributed by atoms with E-state index in [4.69, 9.17) is 5.11 Å². The second-order valence-corrected chi connectivity index (χ2v) is 4.35. The van der Waals surface area contributed by atoms with E-state index in [2.05, 4.69) is 0 Å². The molecule has 0 unspecified atom stereocenters. The standard InChI is InChI=1S/C7H5NO6S/c9-7(10)15(13,14)6-3-1-5(2-4-6)8(11)12/h1-4H,(H,9,10). The van der Waals surface area contributed by atoms with E-state index in [-0.39, 0.29) is 5.69 Å². The van der Waals surface area contributed by atoms with Crippen molar-refractivity contribution in [2.24, 2.45) is 0 Å². The van der Waals surface area contributed by atoms with Crippen LogP contribution in [0, 0.1) is 10.1 Å². The SMILES string of the molecule is O=C(O)S(=O)(=O)c1ccc([N+](=O)[O-])cc1. The number of benzene rings is 1. The number of sulfone groups is 1. The third-order valence-electron chi connectivity index (χ3n) is 1.59. The Bertz CT molecular complexity index is 503. The van der Waals surface area contributed by atoms with Crippen LogP contribution in [0.15, 0.2) is 29.2 Å². The van der Waals surface area contributed by atoms with Crippen LogP contribution >= 0.6 is 0 Å². The number of nitrogens with zero attached hydrogens (tertiary/aromatic N) is 1. The minimum Gasteiger partial charge on any atom is -0.469 e. The van der Waals surface area contributed by atoms with Crippen LogP contribution in [0.5, 0.6) is 0 Å². The lowest BCUT2D eigenvalue weighted by Crippen LogP contribution is -2.11. The predicted octanol–water partition coefficient (Wildman–Crippen LogP) is 1.05. The van der Waals surface area contributed by atoms with E-state index in [1.54, 1.807) is 0 Å². The quantitative estimate of drug-likeness (QED) is 0.600. The average molecular weight is 231 g/mol. The van der Waals surface area contributed by atoms with Gasteiger partial charge in [-0.25, -0.2) is 13.2 Å². The lowest BCUT2D eigenvalue weighted by molar-refractivity contribution is -0.384. The summed E-state index contributed by atoms with van der Waals surface area (Å²) in [6.07, 6.45) is 0. The second kappa shape index (κ2) is 3.65. The predicted molar refractivity (Wildman–Crippen MR) is 48.3 cm³/mol. The van der Waals surface area contributed by atoms with Gasteiger partial charge in [0.05, 0.1) is 9.82 Å². The molecule has 15 heavy (non-hydrogen) atoms. The van der Waals surface area contributed by atoms with Crippen LogP contribution in [0.4, 0.5) is 10.5 Å². The number of hydrogen-bond donors (Lipinski definition) is 1. The Kier molecular flexibility index (Phi) is 2.71. The smallest absolute Gasteiger partial charge is 0.427 e. The molecular weight excluding hydrogens is 226 g/mol. The van der Waals surface area contributed by atoms with Crippen LogP contribution in [0.2, 0.25) is 0 Å². The van der Waals surface area contributed by atoms with Crippen LogP contribution in [0.1, 0.15) is 0 Å². The number of hydrogen-bond acceptors (Lipinski definition) is 5. The van der Waals surface area contributed by atoms with E-state index in [0.29, 0.717) is 0 Å². The Balaban J connectivity index is 3.21. The molecule has 1 N–H and O–H groups in total. The summed E-state index contributed by atoms with van der Waals surface area (Å²) >= 11 is 0. The molecule has 0 heterocycles. The molecule has 0 aromatic heterocycles. The molecule has 0 amide bonds. The third-order valence-corrected chi connectivity index (χ3v) is 2.94. The monoisotopic (exact) mass is 231 g/mol. The number of nitro groups is 1. The Morgan fingerprint density at radius 1 is 1.27 bits per heavy atom. The zero-order valence-electron chi connectivity index (χ0n) is 7.15. The summed E-state index contributed by atoms with van der Waals surface area (Å²) in [5.41, 5.74) is -0.306. The maximum absolute atomic E-state index is 11.0. The molecule has 8 heteroatoms. The second-order valence-electron chi connectivity index (χ2n) is 2.52. The van der Waals surface area contributed by atoms with Gasteiger partial charge in [0.1, 0.15) is 0 Å². The number of rotatable bonds is 2. The third kappa shape index (κ3) is 2.10. The van der Waals surface area contributed by atoms with Crippen molar-refractivity contribution in [1.82, 2.24) is 0 Å². The minimum absolute atomic E-state index is 0.306. The first-order chi connectivity index (χ1) is 6.85. The molecule has 0 aliphatic carbocycles. The number of non-ortho nitro benzene ring substituents is 1. The Morgan fingerprint density at radius 3 is 2.07 bits per heavy atom. The van der Waals surface area contributed by atoms with Gasteiger partial charge in [0.2, 0.25) is 0 Å². The van der Waals surface area contributed by atoms with Gasteiger partial charge in [0.15, 0.2) is 0 Å². The highest BCUT2D eigenvalue weighted by molar-refractivity contribution is 8.05. The summed E-state index contributed by atoms with van der Waals surface area (Å²) < 4.78 is 22.1. The summed E-state index contributed by atoms with van der Waals surface area (Å²) in [6, 6.07) is 3.61. The fourth-order valence-corrected chi connectivity index (χ4v) is 1.54. The van der Waals surface area contributed by atoms with Gasteiger partial charge in [-0.15, -0.1) is 0 Å². The minimum atomic E-state index is -4.43. The highest BCUT2D eigenvalue weighted by Gasteiger charge is 2.24. The van der Waals surface area contributed by atoms with Crippen LogP contribution in [-0.4, -0.2) is 23.7 Å². The van der Waals surface area contributed by atoms with Crippen LogP contribution < -0.4 is 0 Å². The number of carbonyl (C=O) groups is 1. The molecule has 80 valence electrons. The Labute approximate surface area is 84.0 Å². The highest BCUT2D eigenvalue weighted by atomic mass is 32.2. The zero-order valence-corrected chi connectivity index (χ0v) is 7.97. The average Bonchev–Trinajstić information content (AvgIpc) is 2.17. The van der Waals surface area contributed by atoms with Gasteiger partial charge in [-0.2, -0.15) is 0 Å². The normalized spacial score (nSPS) is 10.9.